The molecule has 0 saturated carbocycles. The van der Waals surface area contributed by atoms with Crippen molar-refractivity contribution in [3.05, 3.63) is 310 Å². The van der Waals surface area contributed by atoms with Crippen molar-refractivity contribution in [1.29, 1.82) is 0 Å². The van der Waals surface area contributed by atoms with Crippen molar-refractivity contribution in [1.82, 2.24) is 14.4 Å². The van der Waals surface area contributed by atoms with E-state index in [0.29, 0.717) is 4.90 Å². The smallest absolute Gasteiger partial charge is 0.338 e. The van der Waals surface area contributed by atoms with E-state index >= 15 is 33.6 Å². The number of aromatic hydroxyl groups is 2. The van der Waals surface area contributed by atoms with Gasteiger partial charge >= 0.3 is 35.8 Å². The lowest BCUT2D eigenvalue weighted by Gasteiger charge is -2.53. The van der Waals surface area contributed by atoms with E-state index in [2.05, 4.69) is 0 Å². The van der Waals surface area contributed by atoms with Crippen LogP contribution in [0, 0.1) is 0 Å². The van der Waals surface area contributed by atoms with Crippen LogP contribution in [-0.2, 0) is 61.3 Å². The van der Waals surface area contributed by atoms with Gasteiger partial charge in [-0.05, 0) is 128 Å². The van der Waals surface area contributed by atoms with E-state index in [1.165, 1.54) is 153 Å². The Labute approximate surface area is 682 Å². The second-order valence-corrected chi connectivity index (χ2v) is 34.2. The van der Waals surface area contributed by atoms with Gasteiger partial charge in [-0.3, -0.25) is 33.5 Å². The number of rotatable bonds is 26. The minimum absolute atomic E-state index is 0.0149. The Bertz CT molecular complexity index is 5320. The summed E-state index contributed by atoms with van der Waals surface area (Å²) in [6, 6.07) is 57.6. The number of nitrogens with zero attached hydrogens (tertiary/aromatic N) is 3. The summed E-state index contributed by atoms with van der Waals surface area (Å²) < 4.78 is 89.6. The molecule has 15 atom stereocenters. The van der Waals surface area contributed by atoms with Crippen molar-refractivity contribution >= 4 is 78.5 Å². The number of carbonyl (C=O) groups is 10. The number of amides is 4. The first-order valence-electron chi connectivity index (χ1n) is 38.5. The van der Waals surface area contributed by atoms with Crippen LogP contribution in [0.3, 0.4) is 0 Å². The lowest BCUT2D eigenvalue weighted by molar-refractivity contribution is -0.359. The van der Waals surface area contributed by atoms with E-state index in [4.69, 9.17) is 61.3 Å². The van der Waals surface area contributed by atoms with E-state index in [-0.39, 0.29) is 71.9 Å². The topological polar surface area (TPSA) is 343 Å². The van der Waals surface area contributed by atoms with Crippen LogP contribution in [0.1, 0.15) is 123 Å². The highest BCUT2D eigenvalue weighted by atomic mass is 28.4. The van der Waals surface area contributed by atoms with E-state index in [9.17, 15) is 24.6 Å². The molecule has 10 aromatic rings. The van der Waals surface area contributed by atoms with Gasteiger partial charge in [0.25, 0.3) is 23.6 Å². The van der Waals surface area contributed by atoms with Crippen LogP contribution >= 0.6 is 0 Å². The quantitative estimate of drug-likeness (QED) is 0.0220. The molecule has 9 aromatic carbocycles. The largest absolute Gasteiger partial charge is 0.494 e. The van der Waals surface area contributed by atoms with Crippen molar-refractivity contribution in [2.45, 2.75) is 124 Å². The van der Waals surface area contributed by atoms with E-state index in [0.717, 1.165) is 9.47 Å². The number of imide groups is 2. The van der Waals surface area contributed by atoms with Gasteiger partial charge in [-0.25, -0.2) is 28.8 Å². The number of aromatic nitrogens is 1. The van der Waals surface area contributed by atoms with E-state index in [1.54, 1.807) is 109 Å². The zero-order valence-corrected chi connectivity index (χ0v) is 65.7. The van der Waals surface area contributed by atoms with E-state index in [1.807, 2.05) is 26.9 Å². The van der Waals surface area contributed by atoms with Crippen molar-refractivity contribution in [3.8, 4) is 11.8 Å². The maximum atomic E-state index is 16.1. The Balaban J connectivity index is 0.962. The van der Waals surface area contributed by atoms with Crippen LogP contribution in [-0.4, -0.2) is 205 Å². The molecule has 0 bridgehead atoms. The third kappa shape index (κ3) is 16.5. The maximum absolute atomic E-state index is 16.1. The third-order valence-corrected chi connectivity index (χ3v) is 25.5. The number of carbonyl (C=O) groups excluding carboxylic acids is 10. The Morgan fingerprint density at radius 2 is 0.613 bits per heavy atom. The molecule has 0 radical (unpaired) electrons. The van der Waals surface area contributed by atoms with Crippen molar-refractivity contribution in [2.75, 3.05) is 26.9 Å². The summed E-state index contributed by atoms with van der Waals surface area (Å²) in [7, 11) is -1.99. The summed E-state index contributed by atoms with van der Waals surface area (Å²) in [6.07, 6.45) is -24.1. The molecule has 3 saturated heterocycles. The predicted molar refractivity (Wildman–Crippen MR) is 423 cm³/mol. The van der Waals surface area contributed by atoms with Crippen LogP contribution in [0.5, 0.6) is 11.8 Å². The summed E-state index contributed by atoms with van der Waals surface area (Å²) in [5, 5.41) is 25.2. The van der Waals surface area contributed by atoms with Gasteiger partial charge in [-0.15, -0.1) is 0 Å². The molecule has 15 unspecified atom stereocenters. The van der Waals surface area contributed by atoms with Gasteiger partial charge in [-0.1, -0.05) is 159 Å². The number of methoxy groups -OCH3 is 1. The Kier molecular flexibility index (Phi) is 24.0. The average Bonchev–Trinajstić information content (AvgIpc) is 1.68. The fraction of sp³-hybridized carbons (Fsp3) is 0.267. The Hall–Kier alpha value is -12.8. The van der Waals surface area contributed by atoms with Gasteiger partial charge in [0, 0.05) is 17.9 Å². The van der Waals surface area contributed by atoms with Crippen molar-refractivity contribution < 1.29 is 119 Å². The normalized spacial score (nSPS) is 24.1. The fourth-order valence-electron chi connectivity index (χ4n) is 15.2. The predicted octanol–water partition coefficient (Wildman–Crippen LogP) is 11.8. The molecular weight excluding hydrogens is 1550 g/mol. The summed E-state index contributed by atoms with van der Waals surface area (Å²) in [6.45, 7) is 4.93. The molecule has 6 heterocycles. The zero-order chi connectivity index (χ0) is 83.3. The Morgan fingerprint density at radius 1 is 0.353 bits per heavy atom. The molecular formula is C90H81N3O25Si. The van der Waals surface area contributed by atoms with Gasteiger partial charge in [0.05, 0.1) is 55.6 Å². The second kappa shape index (κ2) is 35.1. The lowest BCUT2D eigenvalue weighted by Crippen LogP contribution is -2.72. The first-order valence-corrected chi connectivity index (χ1v) is 41.4. The minimum Gasteiger partial charge on any atom is -0.494 e. The molecule has 2 N–H and O–H groups in total. The molecule has 4 amide bonds. The maximum Gasteiger partial charge on any atom is 0.338 e. The molecule has 5 aliphatic heterocycles. The highest BCUT2D eigenvalue weighted by Crippen LogP contribution is 2.48. The first-order chi connectivity index (χ1) is 57.6. The number of benzene rings is 9. The Morgan fingerprint density at radius 3 is 0.916 bits per heavy atom. The highest BCUT2D eigenvalue weighted by Gasteiger charge is 2.64. The van der Waals surface area contributed by atoms with Gasteiger partial charge in [0.15, 0.2) is 45.5 Å². The fourth-order valence-corrected chi connectivity index (χ4v) is 16.5. The van der Waals surface area contributed by atoms with Crippen LogP contribution in [0.25, 0.3) is 10.8 Å². The molecule has 29 heteroatoms. The summed E-state index contributed by atoms with van der Waals surface area (Å²) in [5.41, 5.74) is -0.991. The average molecular weight is 1630 g/mol. The summed E-state index contributed by atoms with van der Waals surface area (Å²) in [4.78, 5) is 155. The molecule has 5 aliphatic rings. The van der Waals surface area contributed by atoms with Gasteiger partial charge in [0.2, 0.25) is 11.8 Å². The van der Waals surface area contributed by atoms with Gasteiger partial charge in [0.1, 0.15) is 74.6 Å². The third-order valence-electron chi connectivity index (χ3n) is 21.8. The summed E-state index contributed by atoms with van der Waals surface area (Å²) in [5.74, 6) is -11.4. The summed E-state index contributed by atoms with van der Waals surface area (Å²) >= 11 is 0. The molecule has 0 aliphatic carbocycles. The second-order valence-electron chi connectivity index (χ2n) is 29.6. The molecule has 119 heavy (non-hydrogen) atoms. The SMILES string of the molecule is COC1OC(COC(=O)c2ccccc2)C(OC2OC(COC(=O)c3ccccc3)C(OC3OC(COC(=O)c4ccccc4)C(O[Si](C)(C)C(C)C)C(OC(=O)c4ccccc4)C3N3C(=O)c4ccccc4C3=O)C(OC(=O)c3ccccc3)C2N2C(=O)c3ccccc3C2=O)C(OC(=O)c2ccccc2)C1n1c(O)c2ccccc2c1O. The lowest BCUT2D eigenvalue weighted by atomic mass is 9.92. The molecule has 610 valence electrons. The van der Waals surface area contributed by atoms with E-state index < -0.39 is 191 Å². The van der Waals surface area contributed by atoms with Gasteiger partial charge in [-0.2, -0.15) is 0 Å². The van der Waals surface area contributed by atoms with Gasteiger partial charge < -0.3 is 71.5 Å². The van der Waals surface area contributed by atoms with Crippen LogP contribution in [0.4, 0.5) is 0 Å². The van der Waals surface area contributed by atoms with Crippen LogP contribution < -0.4 is 0 Å². The van der Waals surface area contributed by atoms with Crippen molar-refractivity contribution in [2.24, 2.45) is 0 Å². The first kappa shape index (κ1) is 81.3. The molecule has 3 fully saturated rings. The number of fused-ring (bicyclic) bond motifs is 3. The van der Waals surface area contributed by atoms with Crippen molar-refractivity contribution in [3.63, 3.8) is 0 Å². The highest BCUT2D eigenvalue weighted by molar-refractivity contribution is 6.72. The molecule has 15 rings (SSSR count). The number of ether oxygens (including phenoxy) is 12. The number of hydrogen-bond donors (Lipinski definition) is 2. The molecule has 1 aromatic heterocycles. The standard InChI is InChI=1S/C90H81N3O25Si/c1-51(2)119(4,5)118-72-66(50-109-84(102)54-34-16-8-17-35-54)112-90(69(75(72)115-87(105)57-40-22-11-23-41-57)93-80(98)62-46-28-29-47-63(62)81(93)99)117-71-65(49-108-83(101)53-32-14-7-15-33-53)111-89(68(74(71)114-86(104)56-38-20-10-21-39-56)92-78(96)60-44-26-27-45-61(60)79(92)97)116-70-64(48-107-82(100)52-30-12-6-13-31-52)110-88(106-3)67(73(70)113-85(103)55-36-18-9-19-37-55)91-76(94)58-42-24-25-43-59(58)77(91)95/h6-47,51,64-75,88-90,94-95H,48-50H2,1-5H3. The van der Waals surface area contributed by atoms with Crippen LogP contribution in [0.15, 0.2) is 255 Å². The molecule has 0 spiro atoms. The zero-order valence-electron chi connectivity index (χ0n) is 64.7. The van der Waals surface area contributed by atoms with Crippen LogP contribution in [0.2, 0.25) is 18.6 Å². The molecule has 28 nitrogen and oxygen atoms in total. The monoisotopic (exact) mass is 1630 g/mol. The minimum atomic E-state index is -3.20. The number of hydrogen-bond acceptors (Lipinski definition) is 25. The number of esters is 6.